The number of amides is 1. The molecule has 3 N–H and O–H groups in total. The van der Waals surface area contributed by atoms with Crippen LogP contribution in [0, 0.1) is 12.8 Å². The van der Waals surface area contributed by atoms with Gasteiger partial charge in [0.05, 0.1) is 10.8 Å². The molecule has 1 fully saturated rings. The van der Waals surface area contributed by atoms with Gasteiger partial charge in [-0.3, -0.25) is 4.79 Å². The Balaban J connectivity index is 2.17. The van der Waals surface area contributed by atoms with Crippen LogP contribution in [0.15, 0.2) is 23.1 Å². The van der Waals surface area contributed by atoms with Gasteiger partial charge in [0.1, 0.15) is 0 Å². The fourth-order valence-corrected chi connectivity index (χ4v) is 3.39. The second kappa shape index (κ2) is 6.55. The highest BCUT2D eigenvalue weighted by Crippen LogP contribution is 2.21. The number of rotatable bonds is 4. The maximum atomic E-state index is 12.2. The number of hydrogen-bond acceptors (Lipinski definition) is 4. The first-order valence-corrected chi connectivity index (χ1v) is 8.48. The molecule has 0 aromatic heterocycles. The van der Waals surface area contributed by atoms with Crippen molar-refractivity contribution in [2.24, 2.45) is 5.92 Å². The summed E-state index contributed by atoms with van der Waals surface area (Å²) in [5.74, 6) is -0.136. The van der Waals surface area contributed by atoms with Crippen LogP contribution in [0.2, 0.25) is 0 Å². The van der Waals surface area contributed by atoms with E-state index in [9.17, 15) is 13.2 Å². The van der Waals surface area contributed by atoms with Gasteiger partial charge in [-0.1, -0.05) is 6.07 Å². The molecule has 1 heterocycles. The highest BCUT2D eigenvalue weighted by atomic mass is 32.2. The van der Waals surface area contributed by atoms with Gasteiger partial charge in [-0.25, -0.2) is 13.1 Å². The van der Waals surface area contributed by atoms with Crippen LogP contribution in [0.5, 0.6) is 0 Å². The number of nitrogens with one attached hydrogen (secondary N) is 3. The van der Waals surface area contributed by atoms with E-state index >= 15 is 0 Å². The van der Waals surface area contributed by atoms with Gasteiger partial charge in [0, 0.05) is 12.2 Å². The molecule has 0 radical (unpaired) electrons. The molecule has 0 aliphatic carbocycles. The fraction of sp³-hybridized carbons (Fsp3) is 0.500. The molecule has 1 aliphatic heterocycles. The molecule has 1 aliphatic rings. The Morgan fingerprint density at radius 3 is 2.76 bits per heavy atom. The van der Waals surface area contributed by atoms with Gasteiger partial charge < -0.3 is 10.6 Å². The summed E-state index contributed by atoms with van der Waals surface area (Å²) in [7, 11) is -2.16. The standard InChI is InChI=1S/C14H21N3O3S/c1-10-5-6-12(8-13(10)21(19,20)15-2)17-14(18)11-4-3-7-16-9-11/h5-6,8,11,15-16H,3-4,7,9H2,1-2H3,(H,17,18)/t11-/m0/s1. The second-order valence-electron chi connectivity index (χ2n) is 5.22. The van der Waals surface area contributed by atoms with Crippen LogP contribution in [-0.4, -0.2) is 34.5 Å². The lowest BCUT2D eigenvalue weighted by Gasteiger charge is -2.22. The number of aryl methyl sites for hydroxylation is 1. The molecule has 1 aromatic carbocycles. The minimum absolute atomic E-state index is 0.0654. The first kappa shape index (κ1) is 15.9. The Kier molecular flexibility index (Phi) is 4.97. The third-order valence-electron chi connectivity index (χ3n) is 3.68. The molecule has 116 valence electrons. The number of carbonyl (C=O) groups excluding carboxylic acids is 1. The molecular weight excluding hydrogens is 290 g/mol. The third kappa shape index (κ3) is 3.81. The Morgan fingerprint density at radius 2 is 2.14 bits per heavy atom. The summed E-state index contributed by atoms with van der Waals surface area (Å²) in [6.45, 7) is 3.33. The van der Waals surface area contributed by atoms with Crippen LogP contribution in [-0.2, 0) is 14.8 Å². The fourth-order valence-electron chi connectivity index (χ4n) is 2.40. The number of sulfonamides is 1. The minimum atomic E-state index is -3.53. The molecule has 1 amide bonds. The third-order valence-corrected chi connectivity index (χ3v) is 5.24. The molecule has 1 saturated heterocycles. The van der Waals surface area contributed by atoms with Gasteiger partial charge in [0.15, 0.2) is 0 Å². The van der Waals surface area contributed by atoms with Crippen molar-refractivity contribution < 1.29 is 13.2 Å². The zero-order valence-corrected chi connectivity index (χ0v) is 13.1. The quantitative estimate of drug-likeness (QED) is 0.769. The highest BCUT2D eigenvalue weighted by molar-refractivity contribution is 7.89. The van der Waals surface area contributed by atoms with E-state index in [-0.39, 0.29) is 16.7 Å². The smallest absolute Gasteiger partial charge is 0.240 e. The summed E-state index contributed by atoms with van der Waals surface area (Å²) < 4.78 is 26.1. The van der Waals surface area contributed by atoms with Gasteiger partial charge in [-0.15, -0.1) is 0 Å². The van der Waals surface area contributed by atoms with Crippen molar-refractivity contribution in [1.29, 1.82) is 0 Å². The van der Waals surface area contributed by atoms with Gasteiger partial charge >= 0.3 is 0 Å². The monoisotopic (exact) mass is 311 g/mol. The normalized spacial score (nSPS) is 19.2. The van der Waals surface area contributed by atoms with E-state index in [1.165, 1.54) is 13.1 Å². The first-order valence-electron chi connectivity index (χ1n) is 7.00. The molecule has 0 unspecified atom stereocenters. The SMILES string of the molecule is CNS(=O)(=O)c1cc(NC(=O)[C@H]2CCCNC2)ccc1C. The Labute approximate surface area is 125 Å². The molecule has 6 nitrogen and oxygen atoms in total. The summed E-state index contributed by atoms with van der Waals surface area (Å²) in [5, 5.41) is 5.99. The molecule has 0 saturated carbocycles. The van der Waals surface area contributed by atoms with E-state index in [4.69, 9.17) is 0 Å². The van der Waals surface area contributed by atoms with Crippen molar-refractivity contribution in [3.05, 3.63) is 23.8 Å². The van der Waals surface area contributed by atoms with Crippen molar-refractivity contribution in [1.82, 2.24) is 10.0 Å². The zero-order valence-electron chi connectivity index (χ0n) is 12.3. The van der Waals surface area contributed by atoms with Crippen LogP contribution in [0.1, 0.15) is 18.4 Å². The van der Waals surface area contributed by atoms with E-state index < -0.39 is 10.0 Å². The molecule has 0 bridgehead atoms. The summed E-state index contributed by atoms with van der Waals surface area (Å²) in [6.07, 6.45) is 1.83. The maximum Gasteiger partial charge on any atom is 0.240 e. The highest BCUT2D eigenvalue weighted by Gasteiger charge is 2.22. The summed E-state index contributed by atoms with van der Waals surface area (Å²) in [6, 6.07) is 4.91. The largest absolute Gasteiger partial charge is 0.326 e. The van der Waals surface area contributed by atoms with Crippen LogP contribution in [0.3, 0.4) is 0 Å². The molecule has 1 atom stereocenters. The summed E-state index contributed by atoms with van der Waals surface area (Å²) in [4.78, 5) is 12.4. The van der Waals surface area contributed by atoms with Crippen molar-refractivity contribution in [2.45, 2.75) is 24.7 Å². The van der Waals surface area contributed by atoms with E-state index in [0.717, 1.165) is 19.4 Å². The van der Waals surface area contributed by atoms with E-state index in [2.05, 4.69) is 15.4 Å². The lowest BCUT2D eigenvalue weighted by Crippen LogP contribution is -2.37. The zero-order chi connectivity index (χ0) is 15.5. The number of carbonyl (C=O) groups is 1. The number of hydrogen-bond donors (Lipinski definition) is 3. The average molecular weight is 311 g/mol. The lowest BCUT2D eigenvalue weighted by molar-refractivity contribution is -0.120. The molecule has 0 spiro atoms. The summed E-state index contributed by atoms with van der Waals surface area (Å²) in [5.41, 5.74) is 1.15. The van der Waals surface area contributed by atoms with Crippen LogP contribution >= 0.6 is 0 Å². The van der Waals surface area contributed by atoms with Crippen LogP contribution < -0.4 is 15.4 Å². The second-order valence-corrected chi connectivity index (χ2v) is 7.08. The average Bonchev–Trinajstić information content (AvgIpc) is 2.50. The number of piperidine rings is 1. The van der Waals surface area contributed by atoms with Crippen LogP contribution in [0.25, 0.3) is 0 Å². The maximum absolute atomic E-state index is 12.2. The number of benzene rings is 1. The van der Waals surface area contributed by atoms with Crippen molar-refractivity contribution in [2.75, 3.05) is 25.5 Å². The van der Waals surface area contributed by atoms with E-state index in [1.54, 1.807) is 19.1 Å². The van der Waals surface area contributed by atoms with Crippen molar-refractivity contribution >= 4 is 21.6 Å². The minimum Gasteiger partial charge on any atom is -0.326 e. The summed E-state index contributed by atoms with van der Waals surface area (Å²) >= 11 is 0. The van der Waals surface area contributed by atoms with E-state index in [0.29, 0.717) is 17.8 Å². The molecular formula is C14H21N3O3S. The predicted octanol–water partition coefficient (Wildman–Crippen LogP) is 0.841. The molecule has 2 rings (SSSR count). The van der Waals surface area contributed by atoms with Crippen LogP contribution in [0.4, 0.5) is 5.69 Å². The Morgan fingerprint density at radius 1 is 1.38 bits per heavy atom. The molecule has 1 aromatic rings. The number of anilines is 1. The van der Waals surface area contributed by atoms with E-state index in [1.807, 2.05) is 0 Å². The van der Waals surface area contributed by atoms with Gasteiger partial charge in [-0.05, 0) is 51.1 Å². The topological polar surface area (TPSA) is 87.3 Å². The predicted molar refractivity (Wildman–Crippen MR) is 81.6 cm³/mol. The van der Waals surface area contributed by atoms with Gasteiger partial charge in [0.25, 0.3) is 0 Å². The molecule has 7 heteroatoms. The van der Waals surface area contributed by atoms with Gasteiger partial charge in [0.2, 0.25) is 15.9 Å². The van der Waals surface area contributed by atoms with Crippen molar-refractivity contribution in [3.8, 4) is 0 Å². The lowest BCUT2D eigenvalue weighted by atomic mass is 9.99. The van der Waals surface area contributed by atoms with Gasteiger partial charge in [-0.2, -0.15) is 0 Å². The Hall–Kier alpha value is -1.44. The first-order chi connectivity index (χ1) is 9.94. The Bertz CT molecular complexity index is 622. The molecule has 21 heavy (non-hydrogen) atoms. The van der Waals surface area contributed by atoms with Crippen molar-refractivity contribution in [3.63, 3.8) is 0 Å².